The van der Waals surface area contributed by atoms with Gasteiger partial charge in [-0.25, -0.2) is 4.79 Å². The van der Waals surface area contributed by atoms with Gasteiger partial charge in [-0.3, -0.25) is 0 Å². The van der Waals surface area contributed by atoms with E-state index in [4.69, 9.17) is 9.47 Å². The van der Waals surface area contributed by atoms with Crippen molar-refractivity contribution in [2.45, 2.75) is 50.7 Å². The quantitative estimate of drug-likeness (QED) is 0.418. The van der Waals surface area contributed by atoms with Crippen LogP contribution in [0.5, 0.6) is 0 Å². The van der Waals surface area contributed by atoms with Gasteiger partial charge >= 0.3 is 5.97 Å². The lowest BCUT2D eigenvalue weighted by Crippen LogP contribution is -2.31. The van der Waals surface area contributed by atoms with E-state index in [1.54, 1.807) is 11.1 Å². The van der Waals surface area contributed by atoms with Crippen LogP contribution < -0.4 is 0 Å². The number of carbonyl (C=O) groups is 1. The van der Waals surface area contributed by atoms with Gasteiger partial charge < -0.3 is 9.47 Å². The number of fused-ring (bicyclic) bond motifs is 5. The third-order valence-corrected chi connectivity index (χ3v) is 5.16. The van der Waals surface area contributed by atoms with E-state index in [0.29, 0.717) is 12.5 Å². The van der Waals surface area contributed by atoms with Gasteiger partial charge in [0.1, 0.15) is 5.60 Å². The molecular formula is C14H18O3. The summed E-state index contributed by atoms with van der Waals surface area (Å²) >= 11 is 0. The summed E-state index contributed by atoms with van der Waals surface area (Å²) in [6.45, 7) is 2.31. The monoisotopic (exact) mass is 234 g/mol. The first-order valence-corrected chi connectivity index (χ1v) is 6.81. The summed E-state index contributed by atoms with van der Waals surface area (Å²) in [6, 6.07) is 0. The molecule has 1 heterocycles. The maximum Gasteiger partial charge on any atom is 0.338 e. The van der Waals surface area contributed by atoms with Crippen molar-refractivity contribution in [3.8, 4) is 0 Å². The van der Waals surface area contributed by atoms with E-state index in [9.17, 15) is 4.79 Å². The number of rotatable bonds is 2. The molecule has 4 atom stereocenters. The molecule has 0 aromatic rings. The van der Waals surface area contributed by atoms with Crippen LogP contribution in [0.1, 0.15) is 39.0 Å². The van der Waals surface area contributed by atoms with Crippen LogP contribution in [-0.2, 0) is 14.3 Å². The van der Waals surface area contributed by atoms with E-state index in [0.717, 1.165) is 12.3 Å². The normalized spacial score (nSPS) is 45.6. The fraction of sp³-hybridized carbons (Fsp3) is 0.786. The topological polar surface area (TPSA) is 38.8 Å². The SMILES string of the molecule is CCOC(=O)C1OC12CC1=C3CCCC3C2C1. The van der Waals surface area contributed by atoms with Crippen molar-refractivity contribution in [1.82, 2.24) is 0 Å². The minimum absolute atomic E-state index is 0.139. The van der Waals surface area contributed by atoms with Gasteiger partial charge in [-0.2, -0.15) is 0 Å². The molecule has 0 N–H and O–H groups in total. The fourth-order valence-corrected chi connectivity index (χ4v) is 4.52. The molecular weight excluding hydrogens is 216 g/mol. The first-order chi connectivity index (χ1) is 8.26. The number of hydrogen-bond acceptors (Lipinski definition) is 3. The Hall–Kier alpha value is -0.830. The molecule has 92 valence electrons. The average Bonchev–Trinajstić information content (AvgIpc) is 2.69. The van der Waals surface area contributed by atoms with E-state index in [2.05, 4.69) is 0 Å². The van der Waals surface area contributed by atoms with Gasteiger partial charge in [-0.1, -0.05) is 11.1 Å². The Bertz CT molecular complexity index is 425. The zero-order chi connectivity index (χ0) is 11.6. The Morgan fingerprint density at radius 3 is 3.29 bits per heavy atom. The van der Waals surface area contributed by atoms with Gasteiger partial charge in [0.25, 0.3) is 0 Å². The van der Waals surface area contributed by atoms with Gasteiger partial charge in [0.05, 0.1) is 6.61 Å². The van der Waals surface area contributed by atoms with E-state index in [1.165, 1.54) is 25.7 Å². The van der Waals surface area contributed by atoms with Gasteiger partial charge in [-0.05, 0) is 38.5 Å². The molecule has 0 aromatic carbocycles. The lowest BCUT2D eigenvalue weighted by Gasteiger charge is -2.24. The molecule has 2 saturated carbocycles. The summed E-state index contributed by atoms with van der Waals surface area (Å²) in [4.78, 5) is 11.8. The zero-order valence-electron chi connectivity index (χ0n) is 10.2. The predicted molar refractivity (Wildman–Crippen MR) is 61.3 cm³/mol. The summed E-state index contributed by atoms with van der Waals surface area (Å²) in [7, 11) is 0. The second kappa shape index (κ2) is 3.14. The highest BCUT2D eigenvalue weighted by Gasteiger charge is 2.72. The summed E-state index contributed by atoms with van der Waals surface area (Å²) in [6.07, 6.45) is 5.89. The number of ether oxygens (including phenoxy) is 2. The summed E-state index contributed by atoms with van der Waals surface area (Å²) in [5.74, 6) is 1.18. The minimum atomic E-state index is -0.257. The molecule has 3 heteroatoms. The highest BCUT2D eigenvalue weighted by atomic mass is 16.7. The summed E-state index contributed by atoms with van der Waals surface area (Å²) in [5.41, 5.74) is 3.20. The van der Waals surface area contributed by atoms with Crippen LogP contribution in [0.3, 0.4) is 0 Å². The number of carbonyl (C=O) groups excluding carboxylic acids is 1. The van der Waals surface area contributed by atoms with Gasteiger partial charge in [0.2, 0.25) is 0 Å². The standard InChI is InChI=1S/C14H18O3/c1-2-16-13(15)12-14(17-12)7-8-6-11(14)10-5-3-4-9(8)10/h10-12H,2-7H2,1H3. The van der Waals surface area contributed by atoms with Gasteiger partial charge in [0, 0.05) is 12.3 Å². The largest absolute Gasteiger partial charge is 0.464 e. The van der Waals surface area contributed by atoms with Crippen molar-refractivity contribution >= 4 is 5.97 Å². The number of hydrogen-bond donors (Lipinski definition) is 0. The van der Waals surface area contributed by atoms with Crippen molar-refractivity contribution in [1.29, 1.82) is 0 Å². The number of allylic oxidation sites excluding steroid dienone is 1. The van der Waals surface area contributed by atoms with Gasteiger partial charge in [-0.15, -0.1) is 0 Å². The van der Waals surface area contributed by atoms with Gasteiger partial charge in [0.15, 0.2) is 6.10 Å². The lowest BCUT2D eigenvalue weighted by atomic mass is 9.78. The molecule has 3 aliphatic carbocycles. The molecule has 1 spiro atoms. The molecule has 3 fully saturated rings. The Morgan fingerprint density at radius 1 is 1.59 bits per heavy atom. The zero-order valence-corrected chi connectivity index (χ0v) is 10.2. The Balaban J connectivity index is 1.59. The van der Waals surface area contributed by atoms with E-state index in [1.807, 2.05) is 6.92 Å². The van der Waals surface area contributed by atoms with Crippen LogP contribution in [0.2, 0.25) is 0 Å². The van der Waals surface area contributed by atoms with Crippen molar-refractivity contribution in [3.05, 3.63) is 11.1 Å². The maximum atomic E-state index is 11.8. The molecule has 2 bridgehead atoms. The van der Waals surface area contributed by atoms with Crippen molar-refractivity contribution in [3.63, 3.8) is 0 Å². The van der Waals surface area contributed by atoms with Crippen LogP contribution in [0, 0.1) is 11.8 Å². The maximum absolute atomic E-state index is 11.8. The van der Waals surface area contributed by atoms with Crippen LogP contribution in [-0.4, -0.2) is 24.3 Å². The second-order valence-electron chi connectivity index (χ2n) is 5.82. The molecule has 1 aliphatic heterocycles. The average molecular weight is 234 g/mol. The molecule has 4 rings (SSSR count). The predicted octanol–water partition coefficient (Wildman–Crippen LogP) is 2.21. The van der Waals surface area contributed by atoms with Crippen LogP contribution in [0.15, 0.2) is 11.1 Å². The second-order valence-corrected chi connectivity index (χ2v) is 5.82. The smallest absolute Gasteiger partial charge is 0.338 e. The van der Waals surface area contributed by atoms with Crippen LogP contribution in [0.25, 0.3) is 0 Å². The first-order valence-electron chi connectivity index (χ1n) is 6.81. The molecule has 3 nitrogen and oxygen atoms in total. The van der Waals surface area contributed by atoms with E-state index >= 15 is 0 Å². The van der Waals surface area contributed by atoms with Crippen molar-refractivity contribution in [2.75, 3.05) is 6.61 Å². The third kappa shape index (κ3) is 1.13. The highest BCUT2D eigenvalue weighted by molar-refractivity contribution is 5.80. The molecule has 0 radical (unpaired) electrons. The summed E-state index contributed by atoms with van der Waals surface area (Å²) < 4.78 is 10.9. The third-order valence-electron chi connectivity index (χ3n) is 5.16. The first kappa shape index (κ1) is 10.1. The molecule has 4 aliphatic rings. The van der Waals surface area contributed by atoms with Crippen LogP contribution in [0.4, 0.5) is 0 Å². The number of epoxide rings is 1. The number of esters is 1. The Morgan fingerprint density at radius 2 is 2.47 bits per heavy atom. The highest BCUT2D eigenvalue weighted by Crippen LogP contribution is 2.66. The van der Waals surface area contributed by atoms with Crippen molar-refractivity contribution < 1.29 is 14.3 Å². The van der Waals surface area contributed by atoms with E-state index < -0.39 is 0 Å². The summed E-state index contributed by atoms with van der Waals surface area (Å²) in [5, 5.41) is 0. The molecule has 0 amide bonds. The lowest BCUT2D eigenvalue weighted by molar-refractivity contribution is -0.144. The molecule has 17 heavy (non-hydrogen) atoms. The van der Waals surface area contributed by atoms with Crippen molar-refractivity contribution in [2.24, 2.45) is 11.8 Å². The Kier molecular flexibility index (Phi) is 1.87. The molecule has 4 unspecified atom stereocenters. The fourth-order valence-electron chi connectivity index (χ4n) is 4.52. The Labute approximate surface area is 101 Å². The minimum Gasteiger partial charge on any atom is -0.464 e. The molecule has 0 aromatic heterocycles. The van der Waals surface area contributed by atoms with E-state index in [-0.39, 0.29) is 17.7 Å². The van der Waals surface area contributed by atoms with Crippen LogP contribution >= 0.6 is 0 Å². The molecule has 1 saturated heterocycles.